The maximum Gasteiger partial charge on any atom is 0.417 e. The lowest BCUT2D eigenvalue weighted by Gasteiger charge is -2.12. The van der Waals surface area contributed by atoms with Crippen molar-refractivity contribution in [2.75, 3.05) is 5.32 Å². The molecule has 0 bridgehead atoms. The Morgan fingerprint density at radius 1 is 1.21 bits per heavy atom. The molecule has 0 saturated heterocycles. The van der Waals surface area contributed by atoms with E-state index in [-0.39, 0.29) is 15.7 Å². The minimum atomic E-state index is -4.58. The number of alkyl halides is 3. The molecule has 6 nitrogen and oxygen atoms in total. The molecule has 0 spiro atoms. The van der Waals surface area contributed by atoms with Gasteiger partial charge in [-0.25, -0.2) is 4.98 Å². The van der Waals surface area contributed by atoms with Crippen molar-refractivity contribution in [3.63, 3.8) is 0 Å². The van der Waals surface area contributed by atoms with Gasteiger partial charge in [0.25, 0.3) is 5.56 Å². The number of nitrogens with zero attached hydrogens (tertiary/aromatic N) is 2. The highest BCUT2D eigenvalue weighted by Gasteiger charge is 2.33. The fourth-order valence-electron chi connectivity index (χ4n) is 2.90. The molecule has 148 valence electrons. The lowest BCUT2D eigenvalue weighted by atomic mass is 10.2. The van der Waals surface area contributed by atoms with Crippen LogP contribution in [-0.2, 0) is 17.5 Å². The van der Waals surface area contributed by atoms with Crippen molar-refractivity contribution in [3.05, 3.63) is 69.2 Å². The molecule has 0 fully saturated rings. The van der Waals surface area contributed by atoms with Crippen molar-refractivity contribution in [1.29, 1.82) is 0 Å². The Morgan fingerprint density at radius 3 is 2.72 bits per heavy atom. The van der Waals surface area contributed by atoms with Crippen LogP contribution in [0, 0.1) is 0 Å². The summed E-state index contributed by atoms with van der Waals surface area (Å²) in [6.45, 7) is -0.434. The summed E-state index contributed by atoms with van der Waals surface area (Å²) in [7, 11) is 0. The molecule has 10 heteroatoms. The number of benzene rings is 2. The maximum atomic E-state index is 13.0. The average Bonchev–Trinajstić information content (AvgIpc) is 3.04. The molecule has 0 radical (unpaired) electrons. The second-order valence-electron chi connectivity index (χ2n) is 6.19. The lowest BCUT2D eigenvalue weighted by molar-refractivity contribution is -0.138. The highest BCUT2D eigenvalue weighted by atomic mass is 79.9. The Morgan fingerprint density at radius 2 is 1.97 bits per heavy atom. The predicted molar refractivity (Wildman–Crippen MR) is 104 cm³/mol. The number of anilines is 1. The van der Waals surface area contributed by atoms with Gasteiger partial charge in [-0.3, -0.25) is 14.2 Å². The van der Waals surface area contributed by atoms with E-state index >= 15 is 0 Å². The molecule has 0 unspecified atom stereocenters. The van der Waals surface area contributed by atoms with Crippen LogP contribution in [0.15, 0.2) is 62.5 Å². The molecule has 0 aliphatic rings. The number of aromatic nitrogens is 2. The summed E-state index contributed by atoms with van der Waals surface area (Å²) in [5.74, 6) is -0.681. The Kier molecular flexibility index (Phi) is 4.65. The standard InChI is InChI=1S/C19H11BrF3N3O3/c20-13-6-5-10(7-12(13)19(21,22)23)25-15(27)8-26-9-24-16-11-3-1-2-4-14(11)29-17(16)18(26)28/h1-7,9H,8H2,(H,25,27). The first-order valence-electron chi connectivity index (χ1n) is 8.27. The zero-order valence-electron chi connectivity index (χ0n) is 14.5. The van der Waals surface area contributed by atoms with E-state index in [1.54, 1.807) is 24.3 Å². The Bertz CT molecular complexity index is 1310. The van der Waals surface area contributed by atoms with Gasteiger partial charge in [0.05, 0.1) is 11.9 Å². The molecule has 2 aromatic heterocycles. The quantitative estimate of drug-likeness (QED) is 0.480. The number of nitrogens with one attached hydrogen (secondary N) is 1. The van der Waals surface area contributed by atoms with Gasteiger partial charge in [-0.1, -0.05) is 28.1 Å². The van der Waals surface area contributed by atoms with E-state index in [0.29, 0.717) is 16.5 Å². The minimum absolute atomic E-state index is 0.00417. The second kappa shape index (κ2) is 7.03. The number of halogens is 4. The van der Waals surface area contributed by atoms with Crippen molar-refractivity contribution >= 4 is 49.6 Å². The average molecular weight is 466 g/mol. The van der Waals surface area contributed by atoms with Crippen LogP contribution in [0.5, 0.6) is 0 Å². The third-order valence-electron chi connectivity index (χ3n) is 4.22. The molecule has 1 amide bonds. The number of fused-ring (bicyclic) bond motifs is 3. The van der Waals surface area contributed by atoms with Crippen LogP contribution in [0.4, 0.5) is 18.9 Å². The fraction of sp³-hybridized carbons (Fsp3) is 0.105. The number of hydrogen-bond donors (Lipinski definition) is 1. The van der Waals surface area contributed by atoms with E-state index < -0.39 is 29.8 Å². The fourth-order valence-corrected chi connectivity index (χ4v) is 3.37. The van der Waals surface area contributed by atoms with Crippen LogP contribution in [0.3, 0.4) is 0 Å². The molecule has 1 N–H and O–H groups in total. The van der Waals surface area contributed by atoms with Crippen LogP contribution in [-0.4, -0.2) is 15.5 Å². The SMILES string of the molecule is O=C(Cn1cnc2c(oc3ccccc32)c1=O)Nc1ccc(Br)c(C(F)(F)F)c1. The molecule has 0 atom stereocenters. The van der Waals surface area contributed by atoms with E-state index in [1.807, 2.05) is 0 Å². The van der Waals surface area contributed by atoms with Crippen LogP contribution in [0.25, 0.3) is 22.1 Å². The summed E-state index contributed by atoms with van der Waals surface area (Å²) >= 11 is 2.84. The molecule has 2 aromatic carbocycles. The largest absolute Gasteiger partial charge is 0.448 e. The van der Waals surface area contributed by atoms with Crippen molar-refractivity contribution in [2.45, 2.75) is 12.7 Å². The van der Waals surface area contributed by atoms with Gasteiger partial charge >= 0.3 is 6.18 Å². The highest BCUT2D eigenvalue weighted by molar-refractivity contribution is 9.10. The Hall–Kier alpha value is -3.14. The first-order chi connectivity index (χ1) is 13.7. The van der Waals surface area contributed by atoms with Gasteiger partial charge in [-0.05, 0) is 30.3 Å². The summed E-state index contributed by atoms with van der Waals surface area (Å²) < 4.78 is 45.4. The molecule has 4 aromatic rings. The number of carbonyl (C=O) groups is 1. The molecular weight excluding hydrogens is 455 g/mol. The van der Waals surface area contributed by atoms with E-state index in [0.717, 1.165) is 10.6 Å². The van der Waals surface area contributed by atoms with Gasteiger partial charge in [0.2, 0.25) is 11.5 Å². The number of hydrogen-bond acceptors (Lipinski definition) is 4. The van der Waals surface area contributed by atoms with Crippen molar-refractivity contribution < 1.29 is 22.4 Å². The van der Waals surface area contributed by atoms with Crippen molar-refractivity contribution in [2.24, 2.45) is 0 Å². The number of amides is 1. The number of furan rings is 1. The molecular formula is C19H11BrF3N3O3. The van der Waals surface area contributed by atoms with E-state index in [1.165, 1.54) is 18.5 Å². The van der Waals surface area contributed by atoms with Gasteiger partial charge < -0.3 is 9.73 Å². The second-order valence-corrected chi connectivity index (χ2v) is 7.05. The van der Waals surface area contributed by atoms with E-state index in [4.69, 9.17) is 4.42 Å². The Balaban J connectivity index is 1.60. The van der Waals surface area contributed by atoms with Crippen molar-refractivity contribution in [1.82, 2.24) is 9.55 Å². The monoisotopic (exact) mass is 465 g/mol. The maximum absolute atomic E-state index is 13.0. The zero-order valence-corrected chi connectivity index (χ0v) is 16.0. The summed E-state index contributed by atoms with van der Waals surface area (Å²) in [5, 5.41) is 3.03. The molecule has 2 heterocycles. The van der Waals surface area contributed by atoms with Crippen LogP contribution >= 0.6 is 15.9 Å². The third kappa shape index (κ3) is 3.63. The molecule has 29 heavy (non-hydrogen) atoms. The lowest BCUT2D eigenvalue weighted by Crippen LogP contribution is -2.27. The molecule has 0 saturated carbocycles. The topological polar surface area (TPSA) is 77.1 Å². The Labute approximate surface area is 169 Å². The highest BCUT2D eigenvalue weighted by Crippen LogP contribution is 2.36. The zero-order chi connectivity index (χ0) is 20.8. The number of rotatable bonds is 3. The smallest absolute Gasteiger partial charge is 0.417 e. The third-order valence-corrected chi connectivity index (χ3v) is 4.91. The van der Waals surface area contributed by atoms with Gasteiger partial charge in [0, 0.05) is 15.5 Å². The molecule has 4 rings (SSSR count). The first-order valence-corrected chi connectivity index (χ1v) is 9.06. The molecule has 0 aliphatic heterocycles. The van der Waals surface area contributed by atoms with Gasteiger partial charge in [0.15, 0.2) is 0 Å². The van der Waals surface area contributed by atoms with Gasteiger partial charge in [0.1, 0.15) is 17.6 Å². The van der Waals surface area contributed by atoms with Crippen molar-refractivity contribution in [3.8, 4) is 0 Å². The van der Waals surface area contributed by atoms with Crippen LogP contribution < -0.4 is 10.9 Å². The summed E-state index contributed by atoms with van der Waals surface area (Å²) in [5.41, 5.74) is -0.652. The normalized spacial score (nSPS) is 11.9. The van der Waals surface area contributed by atoms with E-state index in [2.05, 4.69) is 26.2 Å². The number of para-hydroxylation sites is 1. The van der Waals surface area contributed by atoms with Crippen LogP contribution in [0.1, 0.15) is 5.56 Å². The van der Waals surface area contributed by atoms with Gasteiger partial charge in [-0.2, -0.15) is 13.2 Å². The van der Waals surface area contributed by atoms with Crippen LogP contribution in [0.2, 0.25) is 0 Å². The first kappa shape index (κ1) is 19.2. The predicted octanol–water partition coefficient (Wildman–Crippen LogP) is 4.56. The van der Waals surface area contributed by atoms with E-state index in [9.17, 15) is 22.8 Å². The summed E-state index contributed by atoms with van der Waals surface area (Å²) in [6, 6.07) is 10.3. The summed E-state index contributed by atoms with van der Waals surface area (Å²) in [6.07, 6.45) is -3.37. The molecule has 0 aliphatic carbocycles. The minimum Gasteiger partial charge on any atom is -0.448 e. The number of carbonyl (C=O) groups excluding carboxylic acids is 1. The summed E-state index contributed by atoms with van der Waals surface area (Å²) in [4.78, 5) is 29.1. The van der Waals surface area contributed by atoms with Gasteiger partial charge in [-0.15, -0.1) is 0 Å².